The average Bonchev–Trinajstić information content (AvgIpc) is 2.87. The zero-order chi connectivity index (χ0) is 24.1. The largest absolute Gasteiger partial charge is 0.322 e. The lowest BCUT2D eigenvalue weighted by molar-refractivity contribution is 0.102. The normalized spacial score (nSPS) is 18.9. The van der Waals surface area contributed by atoms with Crippen LogP contribution >= 0.6 is 0 Å². The number of nitrogens with one attached hydrogen (secondary N) is 1. The SMILES string of the molecule is CCCC(C)C1CCC(c2ccc(-c3ccc(C(=O)Nc4ccc(C)c(C)c4)cc3)cc2)CC1. The lowest BCUT2D eigenvalue weighted by atomic mass is 9.73. The first kappa shape index (κ1) is 24.3. The van der Waals surface area contributed by atoms with Gasteiger partial charge in [-0.15, -0.1) is 0 Å². The first-order valence-electron chi connectivity index (χ1n) is 13.0. The van der Waals surface area contributed by atoms with E-state index in [1.807, 2.05) is 42.5 Å². The molecule has 2 nitrogen and oxygen atoms in total. The molecule has 0 bridgehead atoms. The number of benzene rings is 3. The molecule has 1 fully saturated rings. The highest BCUT2D eigenvalue weighted by Gasteiger charge is 2.25. The molecule has 0 spiro atoms. The van der Waals surface area contributed by atoms with Crippen molar-refractivity contribution in [2.75, 3.05) is 5.32 Å². The molecule has 1 amide bonds. The third-order valence-corrected chi connectivity index (χ3v) is 7.95. The summed E-state index contributed by atoms with van der Waals surface area (Å²) in [6.07, 6.45) is 8.07. The molecule has 0 radical (unpaired) electrons. The minimum atomic E-state index is -0.0750. The van der Waals surface area contributed by atoms with Gasteiger partial charge in [-0.05, 0) is 109 Å². The van der Waals surface area contributed by atoms with Gasteiger partial charge >= 0.3 is 0 Å². The highest BCUT2D eigenvalue weighted by molar-refractivity contribution is 6.04. The van der Waals surface area contributed by atoms with E-state index in [1.54, 1.807) is 0 Å². The van der Waals surface area contributed by atoms with Crippen molar-refractivity contribution in [1.29, 1.82) is 0 Å². The number of amides is 1. The zero-order valence-corrected chi connectivity index (χ0v) is 21.2. The van der Waals surface area contributed by atoms with Crippen molar-refractivity contribution < 1.29 is 4.79 Å². The molecular formula is C32H39NO. The van der Waals surface area contributed by atoms with Crippen LogP contribution in [0.25, 0.3) is 11.1 Å². The maximum Gasteiger partial charge on any atom is 0.255 e. The van der Waals surface area contributed by atoms with Crippen molar-refractivity contribution >= 4 is 11.6 Å². The van der Waals surface area contributed by atoms with Gasteiger partial charge in [-0.1, -0.05) is 69.2 Å². The Hall–Kier alpha value is -2.87. The van der Waals surface area contributed by atoms with Crippen LogP contribution in [0.4, 0.5) is 5.69 Å². The molecule has 2 heteroatoms. The quantitative estimate of drug-likeness (QED) is 0.380. The van der Waals surface area contributed by atoms with E-state index in [0.717, 1.165) is 23.1 Å². The third-order valence-electron chi connectivity index (χ3n) is 7.95. The molecule has 0 heterocycles. The molecule has 0 aliphatic heterocycles. The van der Waals surface area contributed by atoms with Gasteiger partial charge in [0.15, 0.2) is 0 Å². The number of aryl methyl sites for hydroxylation is 2. The molecule has 3 aromatic carbocycles. The smallest absolute Gasteiger partial charge is 0.255 e. The van der Waals surface area contributed by atoms with Gasteiger partial charge in [-0.25, -0.2) is 0 Å². The van der Waals surface area contributed by atoms with Gasteiger partial charge in [0.05, 0.1) is 0 Å². The van der Waals surface area contributed by atoms with Crippen LogP contribution in [-0.4, -0.2) is 5.91 Å². The Morgan fingerprint density at radius 3 is 2.06 bits per heavy atom. The minimum Gasteiger partial charge on any atom is -0.322 e. The average molecular weight is 454 g/mol. The summed E-state index contributed by atoms with van der Waals surface area (Å²) < 4.78 is 0. The van der Waals surface area contributed by atoms with Gasteiger partial charge < -0.3 is 5.32 Å². The van der Waals surface area contributed by atoms with Gasteiger partial charge in [0.2, 0.25) is 0 Å². The molecule has 1 aliphatic rings. The van der Waals surface area contributed by atoms with Crippen LogP contribution in [0.3, 0.4) is 0 Å². The molecule has 3 aromatic rings. The van der Waals surface area contributed by atoms with Crippen molar-refractivity contribution in [3.63, 3.8) is 0 Å². The Balaban J connectivity index is 1.36. The van der Waals surface area contributed by atoms with Crippen molar-refractivity contribution in [3.05, 3.63) is 89.0 Å². The summed E-state index contributed by atoms with van der Waals surface area (Å²) >= 11 is 0. The summed E-state index contributed by atoms with van der Waals surface area (Å²) in [5.41, 5.74) is 7.74. The Bertz CT molecular complexity index is 1090. The minimum absolute atomic E-state index is 0.0750. The molecule has 0 aromatic heterocycles. The van der Waals surface area contributed by atoms with Crippen molar-refractivity contribution in [2.24, 2.45) is 11.8 Å². The Kier molecular flexibility index (Phi) is 7.88. The fraction of sp³-hybridized carbons (Fsp3) is 0.406. The molecule has 0 saturated heterocycles. The second kappa shape index (κ2) is 11.0. The molecule has 1 N–H and O–H groups in total. The topological polar surface area (TPSA) is 29.1 Å². The van der Waals surface area contributed by atoms with E-state index in [4.69, 9.17) is 0 Å². The molecule has 178 valence electrons. The number of hydrogen-bond acceptors (Lipinski definition) is 1. The predicted octanol–water partition coefficient (Wildman–Crippen LogP) is 8.93. The predicted molar refractivity (Wildman–Crippen MR) is 145 cm³/mol. The molecule has 1 saturated carbocycles. The fourth-order valence-electron chi connectivity index (χ4n) is 5.50. The first-order valence-corrected chi connectivity index (χ1v) is 13.0. The van der Waals surface area contributed by atoms with Gasteiger partial charge in [0, 0.05) is 11.3 Å². The molecule has 34 heavy (non-hydrogen) atoms. The van der Waals surface area contributed by atoms with Crippen LogP contribution in [0.15, 0.2) is 66.7 Å². The summed E-state index contributed by atoms with van der Waals surface area (Å²) in [6, 6.07) is 23.0. The van der Waals surface area contributed by atoms with Crippen molar-refractivity contribution in [1.82, 2.24) is 0 Å². The molecule has 4 rings (SSSR count). The second-order valence-electron chi connectivity index (χ2n) is 10.3. The van der Waals surface area contributed by atoms with Crippen LogP contribution in [0.5, 0.6) is 0 Å². The summed E-state index contributed by atoms with van der Waals surface area (Å²) in [6.45, 7) is 8.88. The number of hydrogen-bond donors (Lipinski definition) is 1. The Morgan fingerprint density at radius 2 is 1.47 bits per heavy atom. The second-order valence-corrected chi connectivity index (χ2v) is 10.3. The number of carbonyl (C=O) groups excluding carboxylic acids is 1. The number of anilines is 1. The third kappa shape index (κ3) is 5.78. The van der Waals surface area contributed by atoms with Crippen LogP contribution < -0.4 is 5.32 Å². The van der Waals surface area contributed by atoms with Gasteiger partial charge in [0.1, 0.15) is 0 Å². The number of carbonyl (C=O) groups is 1. The van der Waals surface area contributed by atoms with Crippen molar-refractivity contribution in [2.45, 2.75) is 72.1 Å². The lowest BCUT2D eigenvalue weighted by Crippen LogP contribution is -2.19. The number of rotatable bonds is 7. The van der Waals surface area contributed by atoms with Crippen molar-refractivity contribution in [3.8, 4) is 11.1 Å². The standard InChI is InChI=1S/C32H39NO/c1-5-6-23(3)25-8-10-26(11-9-25)27-12-14-28(15-13-27)29-16-18-30(19-17-29)32(34)33-31-20-7-22(2)24(4)21-31/h7,12-21,23,25-26H,5-6,8-11H2,1-4H3,(H,33,34). The van der Waals surface area contributed by atoms with E-state index in [1.165, 1.54) is 60.8 Å². The first-order chi connectivity index (χ1) is 16.4. The van der Waals surface area contributed by atoms with Crippen LogP contribution in [0.1, 0.15) is 85.3 Å². The summed E-state index contributed by atoms with van der Waals surface area (Å²) in [5.74, 6) is 2.42. The summed E-state index contributed by atoms with van der Waals surface area (Å²) in [7, 11) is 0. The van der Waals surface area contributed by atoms with Crippen LogP contribution in [0.2, 0.25) is 0 Å². The van der Waals surface area contributed by atoms with E-state index in [-0.39, 0.29) is 5.91 Å². The monoisotopic (exact) mass is 453 g/mol. The fourth-order valence-corrected chi connectivity index (χ4v) is 5.50. The summed E-state index contributed by atoms with van der Waals surface area (Å²) in [4.78, 5) is 12.7. The summed E-state index contributed by atoms with van der Waals surface area (Å²) in [5, 5.41) is 3.01. The van der Waals surface area contributed by atoms with E-state index >= 15 is 0 Å². The molecular weight excluding hydrogens is 414 g/mol. The lowest BCUT2D eigenvalue weighted by Gasteiger charge is -2.32. The highest BCUT2D eigenvalue weighted by atomic mass is 16.1. The van der Waals surface area contributed by atoms with Gasteiger partial charge in [-0.2, -0.15) is 0 Å². The maximum absolute atomic E-state index is 12.7. The Labute approximate surface area is 205 Å². The van der Waals surface area contributed by atoms with Crippen LogP contribution in [-0.2, 0) is 0 Å². The molecule has 1 aliphatic carbocycles. The molecule has 1 unspecified atom stereocenters. The Morgan fingerprint density at radius 1 is 0.853 bits per heavy atom. The molecule has 1 atom stereocenters. The van der Waals surface area contributed by atoms with E-state index in [0.29, 0.717) is 11.5 Å². The van der Waals surface area contributed by atoms with Gasteiger partial charge in [0.25, 0.3) is 5.91 Å². The van der Waals surface area contributed by atoms with E-state index in [9.17, 15) is 4.79 Å². The highest BCUT2D eigenvalue weighted by Crippen LogP contribution is 2.40. The maximum atomic E-state index is 12.7. The van der Waals surface area contributed by atoms with Crippen LogP contribution in [0, 0.1) is 25.7 Å². The zero-order valence-electron chi connectivity index (χ0n) is 21.2. The van der Waals surface area contributed by atoms with Gasteiger partial charge in [-0.3, -0.25) is 4.79 Å². The van der Waals surface area contributed by atoms with E-state index in [2.05, 4.69) is 57.3 Å². The van der Waals surface area contributed by atoms with E-state index < -0.39 is 0 Å².